The van der Waals surface area contributed by atoms with Crippen molar-refractivity contribution in [2.75, 3.05) is 6.61 Å². The molecular formula is C20H23ClO2P-. The van der Waals surface area contributed by atoms with Crippen molar-refractivity contribution in [2.45, 2.75) is 40.0 Å². The molecule has 2 rings (SSSR count). The lowest BCUT2D eigenvalue weighted by Crippen LogP contribution is -2.20. The maximum atomic E-state index is 12.6. The molecule has 2 aromatic carbocycles. The Hall–Kier alpha value is -1.34. The van der Waals surface area contributed by atoms with Crippen molar-refractivity contribution in [1.29, 1.82) is 0 Å². The van der Waals surface area contributed by atoms with Crippen molar-refractivity contribution in [3.05, 3.63) is 58.1 Å². The lowest BCUT2D eigenvalue weighted by Gasteiger charge is -2.17. The second-order valence-corrected chi connectivity index (χ2v) is 7.37. The SMILES string of the molecule is CCCCCOc1ccc(P=C([O-])c2c(C)cccc2Cl)c(C)c1. The summed E-state index contributed by atoms with van der Waals surface area (Å²) in [6.45, 7) is 6.83. The standard InChI is InChI=1S/C20H24ClO2P/c1-4-5-6-12-23-16-10-11-18(15(3)13-16)24-20(22)19-14(2)8-7-9-17(19)21/h7-11,13,22H,4-6,12H2,1-3H3/p-1. The van der Waals surface area contributed by atoms with Crippen LogP contribution in [-0.4, -0.2) is 12.1 Å². The number of hydrogen-bond acceptors (Lipinski definition) is 2. The smallest absolute Gasteiger partial charge is 0.119 e. The summed E-state index contributed by atoms with van der Waals surface area (Å²) < 4.78 is 5.76. The van der Waals surface area contributed by atoms with E-state index in [0.717, 1.165) is 35.2 Å². The van der Waals surface area contributed by atoms with E-state index < -0.39 is 0 Å². The van der Waals surface area contributed by atoms with E-state index in [9.17, 15) is 5.11 Å². The van der Waals surface area contributed by atoms with Crippen molar-refractivity contribution in [3.8, 4) is 5.75 Å². The number of benzene rings is 2. The van der Waals surface area contributed by atoms with Gasteiger partial charge in [0.15, 0.2) is 0 Å². The van der Waals surface area contributed by atoms with Crippen LogP contribution >= 0.6 is 19.8 Å². The molecule has 0 radical (unpaired) electrons. The first kappa shape index (κ1) is 19.0. The van der Waals surface area contributed by atoms with E-state index in [2.05, 4.69) is 6.92 Å². The first-order valence-corrected chi connectivity index (χ1v) is 9.54. The molecular weight excluding hydrogens is 339 g/mol. The van der Waals surface area contributed by atoms with Crippen molar-refractivity contribution < 1.29 is 9.84 Å². The second-order valence-electron chi connectivity index (χ2n) is 5.85. The normalized spacial score (nSPS) is 11.6. The van der Waals surface area contributed by atoms with E-state index >= 15 is 0 Å². The monoisotopic (exact) mass is 361 g/mol. The number of aryl methyl sites for hydroxylation is 2. The Morgan fingerprint density at radius 1 is 1.12 bits per heavy atom. The zero-order chi connectivity index (χ0) is 17.5. The van der Waals surface area contributed by atoms with E-state index in [0.29, 0.717) is 18.8 Å². The zero-order valence-corrected chi connectivity index (χ0v) is 16.1. The molecule has 0 amide bonds. The van der Waals surface area contributed by atoms with E-state index in [4.69, 9.17) is 16.3 Å². The lowest BCUT2D eigenvalue weighted by atomic mass is 10.1. The molecule has 0 aliphatic carbocycles. The van der Waals surface area contributed by atoms with Crippen LogP contribution in [0, 0.1) is 13.8 Å². The van der Waals surface area contributed by atoms with Crippen molar-refractivity contribution >= 4 is 30.6 Å². The van der Waals surface area contributed by atoms with E-state index in [1.54, 1.807) is 6.07 Å². The molecule has 0 heterocycles. The summed E-state index contributed by atoms with van der Waals surface area (Å²) in [7, 11) is 0.640. The van der Waals surface area contributed by atoms with Crippen LogP contribution in [0.2, 0.25) is 5.02 Å². The average Bonchev–Trinajstić information content (AvgIpc) is 2.54. The molecule has 2 nitrogen and oxygen atoms in total. The van der Waals surface area contributed by atoms with Crippen molar-refractivity contribution in [3.63, 3.8) is 0 Å². The van der Waals surface area contributed by atoms with Gasteiger partial charge in [0.2, 0.25) is 0 Å². The third-order valence-corrected chi connectivity index (χ3v) is 5.33. The maximum absolute atomic E-state index is 12.6. The van der Waals surface area contributed by atoms with Gasteiger partial charge < -0.3 is 9.84 Å². The van der Waals surface area contributed by atoms with Crippen LogP contribution in [0.1, 0.15) is 42.9 Å². The molecule has 0 aromatic heterocycles. The summed E-state index contributed by atoms with van der Waals surface area (Å²) in [5, 5.41) is 14.1. The molecule has 2 aromatic rings. The van der Waals surface area contributed by atoms with Crippen molar-refractivity contribution in [2.24, 2.45) is 0 Å². The zero-order valence-electron chi connectivity index (χ0n) is 14.4. The minimum Gasteiger partial charge on any atom is -0.823 e. The van der Waals surface area contributed by atoms with Gasteiger partial charge in [0.1, 0.15) is 5.75 Å². The topological polar surface area (TPSA) is 32.3 Å². The number of unbranched alkanes of at least 4 members (excludes halogenated alkanes) is 2. The fourth-order valence-corrected chi connectivity index (χ4v) is 3.84. The largest absolute Gasteiger partial charge is 0.823 e. The van der Waals surface area contributed by atoms with Crippen LogP contribution in [0.3, 0.4) is 0 Å². The number of hydrogen-bond donors (Lipinski definition) is 0. The van der Waals surface area contributed by atoms with Crippen LogP contribution in [-0.2, 0) is 0 Å². The fourth-order valence-electron chi connectivity index (χ4n) is 2.45. The van der Waals surface area contributed by atoms with Gasteiger partial charge in [0.05, 0.1) is 6.61 Å². The fraction of sp³-hybridized carbons (Fsp3) is 0.350. The van der Waals surface area contributed by atoms with Gasteiger partial charge in [-0.3, -0.25) is 0 Å². The molecule has 0 aliphatic heterocycles. The highest BCUT2D eigenvalue weighted by molar-refractivity contribution is 7.49. The third-order valence-electron chi connectivity index (χ3n) is 3.84. The summed E-state index contributed by atoms with van der Waals surface area (Å²) in [5.74, 6) is 0.865. The van der Waals surface area contributed by atoms with Crippen LogP contribution in [0.25, 0.3) is 0 Å². The van der Waals surface area contributed by atoms with Gasteiger partial charge >= 0.3 is 0 Å². The Bertz CT molecular complexity index is 705. The number of halogens is 1. The third kappa shape index (κ3) is 5.08. The molecule has 0 atom stereocenters. The summed E-state index contributed by atoms with van der Waals surface area (Å²) in [6, 6.07) is 11.4. The minimum atomic E-state index is 0.0258. The van der Waals surface area contributed by atoms with Gasteiger partial charge in [-0.2, -0.15) is 0 Å². The highest BCUT2D eigenvalue weighted by Crippen LogP contribution is 2.22. The molecule has 0 saturated heterocycles. The highest BCUT2D eigenvalue weighted by atomic mass is 35.5. The van der Waals surface area contributed by atoms with Crippen molar-refractivity contribution in [1.82, 2.24) is 0 Å². The van der Waals surface area contributed by atoms with Gasteiger partial charge in [-0.15, -0.1) is 5.48 Å². The molecule has 0 spiro atoms. The van der Waals surface area contributed by atoms with Crippen LogP contribution in [0.15, 0.2) is 36.4 Å². The minimum absolute atomic E-state index is 0.0258. The molecule has 0 N–H and O–H groups in total. The van der Waals surface area contributed by atoms with Crippen LogP contribution in [0.4, 0.5) is 0 Å². The van der Waals surface area contributed by atoms with Gasteiger partial charge in [0.25, 0.3) is 0 Å². The molecule has 0 saturated carbocycles. The molecule has 24 heavy (non-hydrogen) atoms. The summed E-state index contributed by atoms with van der Waals surface area (Å²) in [4.78, 5) is 0. The van der Waals surface area contributed by atoms with Gasteiger partial charge in [-0.25, -0.2) is 0 Å². The summed E-state index contributed by atoms with van der Waals surface area (Å²) in [6.07, 6.45) is 3.44. The Labute approximate surface area is 151 Å². The van der Waals surface area contributed by atoms with E-state index in [-0.39, 0.29) is 5.48 Å². The first-order chi connectivity index (χ1) is 11.5. The van der Waals surface area contributed by atoms with E-state index in [1.165, 1.54) is 12.8 Å². The predicted octanol–water partition coefficient (Wildman–Crippen LogP) is 4.64. The van der Waals surface area contributed by atoms with Crippen LogP contribution < -0.4 is 15.1 Å². The molecule has 0 bridgehead atoms. The van der Waals surface area contributed by atoms with Crippen LogP contribution in [0.5, 0.6) is 5.75 Å². The maximum Gasteiger partial charge on any atom is 0.119 e. The molecule has 0 aliphatic rings. The Morgan fingerprint density at radius 2 is 1.92 bits per heavy atom. The summed E-state index contributed by atoms with van der Waals surface area (Å²) in [5.41, 5.74) is 2.61. The summed E-state index contributed by atoms with van der Waals surface area (Å²) >= 11 is 6.19. The average molecular weight is 362 g/mol. The highest BCUT2D eigenvalue weighted by Gasteiger charge is 2.04. The predicted molar refractivity (Wildman–Crippen MR) is 103 cm³/mol. The molecule has 128 valence electrons. The number of ether oxygens (including phenoxy) is 1. The van der Waals surface area contributed by atoms with E-state index in [1.807, 2.05) is 44.2 Å². The Balaban J connectivity index is 2.17. The molecule has 0 fully saturated rings. The van der Waals surface area contributed by atoms with Gasteiger partial charge in [-0.1, -0.05) is 51.7 Å². The Morgan fingerprint density at radius 3 is 2.58 bits per heavy atom. The second kappa shape index (κ2) is 9.22. The lowest BCUT2D eigenvalue weighted by molar-refractivity contribution is -0.207. The first-order valence-electron chi connectivity index (χ1n) is 8.27. The quantitative estimate of drug-likeness (QED) is 0.531. The van der Waals surface area contributed by atoms with Gasteiger partial charge in [0, 0.05) is 10.3 Å². The molecule has 4 heteroatoms. The number of rotatable bonds is 7. The Kier molecular flexibility index (Phi) is 7.30. The van der Waals surface area contributed by atoms with Gasteiger partial charge in [-0.05, 0) is 61.2 Å². The molecule has 0 unspecified atom stereocenters.